The zero-order valence-corrected chi connectivity index (χ0v) is 8.94. The molecule has 1 nitrogen and oxygen atoms in total. The van der Waals surface area contributed by atoms with Crippen molar-refractivity contribution in [1.29, 1.82) is 0 Å². The minimum absolute atomic E-state index is 0.263. The van der Waals surface area contributed by atoms with E-state index in [9.17, 15) is 13.2 Å². The molecular weight excluding hydrogens is 203 g/mol. The molecule has 0 aliphatic carbocycles. The fourth-order valence-electron chi connectivity index (χ4n) is 1.25. The Bertz CT molecular complexity index is 346. The normalized spacial score (nSPS) is 14.1. The lowest BCUT2D eigenvalue weighted by Gasteiger charge is -2.27. The third-order valence-corrected chi connectivity index (χ3v) is 2.30. The lowest BCUT2D eigenvalue weighted by Crippen LogP contribution is -2.26. The molecule has 0 aliphatic heterocycles. The zero-order valence-electron chi connectivity index (χ0n) is 8.94. The first-order valence-electron chi connectivity index (χ1n) is 4.63. The molecule has 1 aromatic rings. The number of hydrogen-bond donors (Lipinski definition) is 1. The Labute approximate surface area is 87.1 Å². The van der Waals surface area contributed by atoms with E-state index in [0.717, 1.165) is 12.1 Å². The van der Waals surface area contributed by atoms with Gasteiger partial charge < -0.3 is 5.73 Å². The highest BCUT2D eigenvalue weighted by Gasteiger charge is 2.24. The summed E-state index contributed by atoms with van der Waals surface area (Å²) in [7, 11) is 0. The molecule has 4 heteroatoms. The van der Waals surface area contributed by atoms with Crippen molar-refractivity contribution in [3.8, 4) is 0 Å². The second-order valence-corrected chi connectivity index (χ2v) is 4.64. The fraction of sp³-hybridized carbons (Fsp3) is 0.455. The van der Waals surface area contributed by atoms with Crippen LogP contribution in [0.15, 0.2) is 12.1 Å². The first-order valence-corrected chi connectivity index (χ1v) is 4.63. The van der Waals surface area contributed by atoms with Crippen LogP contribution in [0.25, 0.3) is 0 Å². The number of benzene rings is 1. The fourth-order valence-corrected chi connectivity index (χ4v) is 1.25. The van der Waals surface area contributed by atoms with E-state index in [1.54, 1.807) is 0 Å². The second kappa shape index (κ2) is 3.85. The molecule has 0 spiro atoms. The molecule has 84 valence electrons. The van der Waals surface area contributed by atoms with Gasteiger partial charge in [0.2, 0.25) is 0 Å². The van der Waals surface area contributed by atoms with Crippen LogP contribution in [0.1, 0.15) is 32.4 Å². The van der Waals surface area contributed by atoms with Gasteiger partial charge in [0.1, 0.15) is 0 Å². The summed E-state index contributed by atoms with van der Waals surface area (Å²) in [5.74, 6) is -3.87. The van der Waals surface area contributed by atoms with Crippen molar-refractivity contribution in [3.05, 3.63) is 35.1 Å². The number of halogens is 3. The molecule has 2 N–H and O–H groups in total. The first-order chi connectivity index (χ1) is 6.73. The Balaban J connectivity index is 3.17. The number of hydrogen-bond acceptors (Lipinski definition) is 1. The van der Waals surface area contributed by atoms with E-state index in [2.05, 4.69) is 0 Å². The highest BCUT2D eigenvalue weighted by molar-refractivity contribution is 5.23. The summed E-state index contributed by atoms with van der Waals surface area (Å²) in [6.45, 7) is 5.53. The van der Waals surface area contributed by atoms with E-state index >= 15 is 0 Å². The van der Waals surface area contributed by atoms with Gasteiger partial charge in [-0.25, -0.2) is 13.2 Å². The van der Waals surface area contributed by atoms with Crippen molar-refractivity contribution in [2.24, 2.45) is 11.1 Å². The van der Waals surface area contributed by atoms with Gasteiger partial charge in [0, 0.05) is 6.04 Å². The first kappa shape index (κ1) is 12.0. The van der Waals surface area contributed by atoms with Crippen LogP contribution in [0.3, 0.4) is 0 Å². The zero-order chi connectivity index (χ0) is 11.8. The minimum Gasteiger partial charge on any atom is -0.324 e. The Morgan fingerprint density at radius 1 is 1.07 bits per heavy atom. The predicted octanol–water partition coefficient (Wildman–Crippen LogP) is 3.15. The average molecular weight is 217 g/mol. The van der Waals surface area contributed by atoms with Gasteiger partial charge in [-0.3, -0.25) is 0 Å². The lowest BCUT2D eigenvalue weighted by molar-refractivity contribution is 0.323. The van der Waals surface area contributed by atoms with E-state index in [4.69, 9.17) is 5.73 Å². The highest BCUT2D eigenvalue weighted by Crippen LogP contribution is 2.31. The van der Waals surface area contributed by atoms with Crippen LogP contribution in [0.4, 0.5) is 13.2 Å². The summed E-state index contributed by atoms with van der Waals surface area (Å²) >= 11 is 0. The van der Waals surface area contributed by atoms with Gasteiger partial charge in [-0.05, 0) is 23.1 Å². The molecule has 0 saturated carbocycles. The average Bonchev–Trinajstić information content (AvgIpc) is 2.10. The van der Waals surface area contributed by atoms with Crippen molar-refractivity contribution in [2.75, 3.05) is 0 Å². The van der Waals surface area contributed by atoms with E-state index in [1.165, 1.54) is 0 Å². The van der Waals surface area contributed by atoms with Crippen molar-refractivity contribution in [2.45, 2.75) is 26.8 Å². The smallest absolute Gasteiger partial charge is 0.194 e. The predicted molar refractivity (Wildman–Crippen MR) is 52.7 cm³/mol. The van der Waals surface area contributed by atoms with E-state index in [0.29, 0.717) is 0 Å². The Hall–Kier alpha value is -1.03. The van der Waals surface area contributed by atoms with Crippen LogP contribution in [0.5, 0.6) is 0 Å². The summed E-state index contributed by atoms with van der Waals surface area (Å²) in [5.41, 5.74) is 5.73. The quantitative estimate of drug-likeness (QED) is 0.718. The Kier molecular flexibility index (Phi) is 3.09. The number of nitrogens with two attached hydrogens (primary N) is 1. The summed E-state index contributed by atoms with van der Waals surface area (Å²) in [6, 6.07) is 1.34. The van der Waals surface area contributed by atoms with Gasteiger partial charge in [-0.1, -0.05) is 20.8 Å². The SMILES string of the molecule is CC(C)(C)[C@H](N)c1cc(F)c(F)c(F)c1. The van der Waals surface area contributed by atoms with Crippen LogP contribution >= 0.6 is 0 Å². The van der Waals surface area contributed by atoms with Crippen LogP contribution in [-0.2, 0) is 0 Å². The largest absolute Gasteiger partial charge is 0.324 e. The Morgan fingerprint density at radius 2 is 1.47 bits per heavy atom. The molecule has 0 unspecified atom stereocenters. The monoisotopic (exact) mass is 217 g/mol. The van der Waals surface area contributed by atoms with Crippen molar-refractivity contribution >= 4 is 0 Å². The van der Waals surface area contributed by atoms with Gasteiger partial charge in [0.25, 0.3) is 0 Å². The van der Waals surface area contributed by atoms with Crippen LogP contribution < -0.4 is 5.73 Å². The summed E-state index contributed by atoms with van der Waals surface area (Å²) in [4.78, 5) is 0. The summed E-state index contributed by atoms with van der Waals surface area (Å²) in [6.07, 6.45) is 0. The molecular formula is C11H14F3N. The molecule has 15 heavy (non-hydrogen) atoms. The third kappa shape index (κ3) is 2.50. The maximum atomic E-state index is 12.9. The molecule has 0 aliphatic rings. The molecule has 1 rings (SSSR count). The van der Waals surface area contributed by atoms with Crippen LogP contribution in [0.2, 0.25) is 0 Å². The van der Waals surface area contributed by atoms with Gasteiger partial charge in [0.05, 0.1) is 0 Å². The van der Waals surface area contributed by atoms with Gasteiger partial charge in [-0.2, -0.15) is 0 Å². The molecule has 1 aromatic carbocycles. The minimum atomic E-state index is -1.46. The van der Waals surface area contributed by atoms with E-state index in [1.807, 2.05) is 20.8 Å². The molecule has 0 amide bonds. The summed E-state index contributed by atoms with van der Waals surface area (Å²) in [5, 5.41) is 0. The number of rotatable bonds is 1. The third-order valence-electron chi connectivity index (χ3n) is 2.30. The van der Waals surface area contributed by atoms with Crippen molar-refractivity contribution in [1.82, 2.24) is 0 Å². The standard InChI is InChI=1S/C11H14F3N/c1-11(2,3)10(15)6-4-7(12)9(14)8(13)5-6/h4-5,10H,15H2,1-3H3/t10-/m1/s1. The molecule has 0 radical (unpaired) electrons. The molecule has 1 atom stereocenters. The van der Waals surface area contributed by atoms with Crippen LogP contribution in [-0.4, -0.2) is 0 Å². The topological polar surface area (TPSA) is 26.0 Å². The van der Waals surface area contributed by atoms with Crippen molar-refractivity contribution in [3.63, 3.8) is 0 Å². The van der Waals surface area contributed by atoms with Gasteiger partial charge >= 0.3 is 0 Å². The van der Waals surface area contributed by atoms with E-state index < -0.39 is 23.5 Å². The second-order valence-electron chi connectivity index (χ2n) is 4.64. The highest BCUT2D eigenvalue weighted by atomic mass is 19.2. The molecule has 0 heterocycles. The van der Waals surface area contributed by atoms with Gasteiger partial charge in [-0.15, -0.1) is 0 Å². The van der Waals surface area contributed by atoms with Crippen molar-refractivity contribution < 1.29 is 13.2 Å². The van der Waals surface area contributed by atoms with Crippen LogP contribution in [0, 0.1) is 22.9 Å². The maximum absolute atomic E-state index is 12.9. The van der Waals surface area contributed by atoms with Gasteiger partial charge in [0.15, 0.2) is 17.5 Å². The molecule has 0 fully saturated rings. The molecule has 0 bridgehead atoms. The Morgan fingerprint density at radius 3 is 1.80 bits per heavy atom. The summed E-state index contributed by atoms with van der Waals surface area (Å²) < 4.78 is 38.5. The lowest BCUT2D eigenvalue weighted by atomic mass is 9.83. The molecule has 0 saturated heterocycles. The van der Waals surface area contributed by atoms with E-state index in [-0.39, 0.29) is 11.0 Å². The maximum Gasteiger partial charge on any atom is 0.194 e. The molecule has 0 aromatic heterocycles.